The molecule has 78 valence electrons. The highest BCUT2D eigenvalue weighted by Crippen LogP contribution is 2.10. The molecule has 0 saturated carbocycles. The zero-order chi connectivity index (χ0) is 10.2. The van der Waals surface area contributed by atoms with Crippen LogP contribution in [0, 0.1) is 0 Å². The Morgan fingerprint density at radius 3 is 2.38 bits per heavy atom. The first-order valence-corrected chi connectivity index (χ1v) is 5.57. The summed E-state index contributed by atoms with van der Waals surface area (Å²) in [6, 6.07) is 0. The Balaban J connectivity index is 3.44. The standard InChI is InChI=1S/C12H25N/c1-5-8-9-10-11-13-12(4,6-2)7-3/h6,13H,2,5,7-11H2,1,3-4H3. The molecule has 0 aliphatic heterocycles. The van der Waals surface area contributed by atoms with Gasteiger partial charge in [-0.3, -0.25) is 0 Å². The van der Waals surface area contributed by atoms with Crippen molar-refractivity contribution in [1.29, 1.82) is 0 Å². The second-order valence-corrected chi connectivity index (χ2v) is 3.96. The Labute approximate surface area is 83.6 Å². The molecule has 1 N–H and O–H groups in total. The van der Waals surface area contributed by atoms with E-state index in [9.17, 15) is 0 Å². The van der Waals surface area contributed by atoms with Crippen molar-refractivity contribution in [3.63, 3.8) is 0 Å². The van der Waals surface area contributed by atoms with Crippen molar-refractivity contribution < 1.29 is 0 Å². The quantitative estimate of drug-likeness (QED) is 0.448. The first kappa shape index (κ1) is 12.7. The van der Waals surface area contributed by atoms with Crippen molar-refractivity contribution in [3.8, 4) is 0 Å². The predicted molar refractivity (Wildman–Crippen MR) is 61.0 cm³/mol. The molecule has 0 heterocycles. The van der Waals surface area contributed by atoms with Crippen LogP contribution in [0.3, 0.4) is 0 Å². The molecule has 0 aromatic heterocycles. The lowest BCUT2D eigenvalue weighted by Crippen LogP contribution is -2.40. The summed E-state index contributed by atoms with van der Waals surface area (Å²) in [4.78, 5) is 0. The maximum Gasteiger partial charge on any atom is 0.0330 e. The van der Waals surface area contributed by atoms with Crippen LogP contribution in [0.5, 0.6) is 0 Å². The summed E-state index contributed by atoms with van der Waals surface area (Å²) in [5.41, 5.74) is 0.145. The zero-order valence-corrected chi connectivity index (χ0v) is 9.53. The minimum Gasteiger partial charge on any atom is -0.308 e. The number of rotatable bonds is 8. The third kappa shape index (κ3) is 5.87. The van der Waals surface area contributed by atoms with Crippen LogP contribution in [0.1, 0.15) is 52.9 Å². The van der Waals surface area contributed by atoms with Gasteiger partial charge in [-0.25, -0.2) is 0 Å². The average molecular weight is 183 g/mol. The van der Waals surface area contributed by atoms with Gasteiger partial charge in [0.05, 0.1) is 0 Å². The van der Waals surface area contributed by atoms with Gasteiger partial charge in [-0.15, -0.1) is 6.58 Å². The summed E-state index contributed by atoms with van der Waals surface area (Å²) in [6.45, 7) is 11.6. The van der Waals surface area contributed by atoms with Crippen molar-refractivity contribution in [3.05, 3.63) is 12.7 Å². The Morgan fingerprint density at radius 2 is 1.92 bits per heavy atom. The van der Waals surface area contributed by atoms with Crippen LogP contribution in [0.15, 0.2) is 12.7 Å². The number of hydrogen-bond donors (Lipinski definition) is 1. The molecule has 1 heteroatoms. The average Bonchev–Trinajstić information content (AvgIpc) is 2.17. The third-order valence-corrected chi connectivity index (χ3v) is 2.74. The number of nitrogens with one attached hydrogen (secondary N) is 1. The highest BCUT2D eigenvalue weighted by molar-refractivity contribution is 4.97. The van der Waals surface area contributed by atoms with E-state index in [0.717, 1.165) is 13.0 Å². The van der Waals surface area contributed by atoms with Crippen LogP contribution in [0.2, 0.25) is 0 Å². The first-order valence-electron chi connectivity index (χ1n) is 5.57. The smallest absolute Gasteiger partial charge is 0.0330 e. The molecule has 1 nitrogen and oxygen atoms in total. The second-order valence-electron chi connectivity index (χ2n) is 3.96. The summed E-state index contributed by atoms with van der Waals surface area (Å²) < 4.78 is 0. The van der Waals surface area contributed by atoms with E-state index in [1.165, 1.54) is 25.7 Å². The molecule has 0 aromatic carbocycles. The molecule has 0 saturated heterocycles. The van der Waals surface area contributed by atoms with Gasteiger partial charge in [-0.05, 0) is 26.3 Å². The normalized spacial score (nSPS) is 15.3. The van der Waals surface area contributed by atoms with Crippen molar-refractivity contribution >= 4 is 0 Å². The number of unbranched alkanes of at least 4 members (excludes halogenated alkanes) is 3. The van der Waals surface area contributed by atoms with Gasteiger partial charge in [0, 0.05) is 5.54 Å². The van der Waals surface area contributed by atoms with Gasteiger partial charge in [0.25, 0.3) is 0 Å². The lowest BCUT2D eigenvalue weighted by Gasteiger charge is -2.25. The molecule has 0 aliphatic rings. The van der Waals surface area contributed by atoms with E-state index in [2.05, 4.69) is 32.7 Å². The van der Waals surface area contributed by atoms with Crippen molar-refractivity contribution in [2.45, 2.75) is 58.4 Å². The van der Waals surface area contributed by atoms with Crippen LogP contribution in [0.4, 0.5) is 0 Å². The maximum atomic E-state index is 3.86. The monoisotopic (exact) mass is 183 g/mol. The van der Waals surface area contributed by atoms with E-state index in [-0.39, 0.29) is 5.54 Å². The summed E-state index contributed by atoms with van der Waals surface area (Å²) in [5, 5.41) is 3.54. The lowest BCUT2D eigenvalue weighted by atomic mass is 9.99. The molecule has 0 radical (unpaired) electrons. The van der Waals surface area contributed by atoms with Gasteiger partial charge in [0.1, 0.15) is 0 Å². The topological polar surface area (TPSA) is 12.0 Å². The SMILES string of the molecule is C=CC(C)(CC)NCCCCCC. The van der Waals surface area contributed by atoms with E-state index in [1.54, 1.807) is 0 Å². The minimum atomic E-state index is 0.145. The summed E-state index contributed by atoms with van der Waals surface area (Å²) in [5.74, 6) is 0. The molecular weight excluding hydrogens is 158 g/mol. The zero-order valence-electron chi connectivity index (χ0n) is 9.53. The van der Waals surface area contributed by atoms with E-state index >= 15 is 0 Å². The largest absolute Gasteiger partial charge is 0.308 e. The fraction of sp³-hybridized carbons (Fsp3) is 0.833. The van der Waals surface area contributed by atoms with E-state index in [0.29, 0.717) is 0 Å². The Hall–Kier alpha value is -0.300. The highest BCUT2D eigenvalue weighted by Gasteiger charge is 2.14. The highest BCUT2D eigenvalue weighted by atomic mass is 14.9. The van der Waals surface area contributed by atoms with Gasteiger partial charge < -0.3 is 5.32 Å². The Bertz CT molecular complexity index is 131. The van der Waals surface area contributed by atoms with Crippen LogP contribution in [-0.4, -0.2) is 12.1 Å². The van der Waals surface area contributed by atoms with E-state index < -0.39 is 0 Å². The van der Waals surface area contributed by atoms with Crippen molar-refractivity contribution in [2.75, 3.05) is 6.54 Å². The fourth-order valence-electron chi connectivity index (χ4n) is 1.27. The summed E-state index contributed by atoms with van der Waals surface area (Å²) >= 11 is 0. The molecule has 0 amide bonds. The molecule has 1 atom stereocenters. The van der Waals surface area contributed by atoms with Gasteiger partial charge in [0.2, 0.25) is 0 Å². The molecule has 13 heavy (non-hydrogen) atoms. The molecule has 0 rings (SSSR count). The fourth-order valence-corrected chi connectivity index (χ4v) is 1.27. The van der Waals surface area contributed by atoms with Crippen molar-refractivity contribution in [2.24, 2.45) is 0 Å². The molecule has 0 aromatic rings. The number of hydrogen-bond acceptors (Lipinski definition) is 1. The van der Waals surface area contributed by atoms with E-state index in [4.69, 9.17) is 0 Å². The third-order valence-electron chi connectivity index (χ3n) is 2.74. The Morgan fingerprint density at radius 1 is 1.23 bits per heavy atom. The van der Waals surface area contributed by atoms with Crippen LogP contribution >= 0.6 is 0 Å². The predicted octanol–water partition coefficient (Wildman–Crippen LogP) is 3.51. The van der Waals surface area contributed by atoms with Crippen LogP contribution in [-0.2, 0) is 0 Å². The molecule has 0 bridgehead atoms. The van der Waals surface area contributed by atoms with Crippen molar-refractivity contribution in [1.82, 2.24) is 5.32 Å². The molecule has 0 fully saturated rings. The molecular formula is C12H25N. The summed E-state index contributed by atoms with van der Waals surface area (Å²) in [7, 11) is 0. The maximum absolute atomic E-state index is 3.86. The summed E-state index contributed by atoms with van der Waals surface area (Å²) in [6.07, 6.45) is 8.44. The minimum absolute atomic E-state index is 0.145. The van der Waals surface area contributed by atoms with Gasteiger partial charge in [-0.2, -0.15) is 0 Å². The van der Waals surface area contributed by atoms with Crippen LogP contribution < -0.4 is 5.32 Å². The van der Waals surface area contributed by atoms with Gasteiger partial charge in [-0.1, -0.05) is 39.2 Å². The molecule has 0 aliphatic carbocycles. The first-order chi connectivity index (χ1) is 6.18. The second kappa shape index (κ2) is 7.14. The van der Waals surface area contributed by atoms with E-state index in [1.807, 2.05) is 6.08 Å². The van der Waals surface area contributed by atoms with Gasteiger partial charge in [0.15, 0.2) is 0 Å². The molecule has 0 spiro atoms. The molecule has 1 unspecified atom stereocenters. The van der Waals surface area contributed by atoms with Crippen LogP contribution in [0.25, 0.3) is 0 Å². The van der Waals surface area contributed by atoms with Gasteiger partial charge >= 0.3 is 0 Å². The lowest BCUT2D eigenvalue weighted by molar-refractivity contribution is 0.415. The Kier molecular flexibility index (Phi) is 6.97.